The number of benzene rings is 3. The number of aliphatic carboxylic acids is 1. The van der Waals surface area contributed by atoms with E-state index in [4.69, 9.17) is 0 Å². The highest BCUT2D eigenvalue weighted by Gasteiger charge is 2.29. The van der Waals surface area contributed by atoms with Crippen molar-refractivity contribution in [2.45, 2.75) is 38.3 Å². The molecule has 0 aliphatic heterocycles. The molecule has 0 fully saturated rings. The summed E-state index contributed by atoms with van der Waals surface area (Å²) in [7, 11) is 1.83. The van der Waals surface area contributed by atoms with Crippen LogP contribution >= 0.6 is 0 Å². The van der Waals surface area contributed by atoms with Gasteiger partial charge in [-0.25, -0.2) is 5.01 Å². The van der Waals surface area contributed by atoms with Crippen molar-refractivity contribution in [3.8, 4) is 0 Å². The van der Waals surface area contributed by atoms with Gasteiger partial charge in [-0.05, 0) is 35.6 Å². The molecule has 3 aromatic carbocycles. The number of H-pyrrole nitrogens is 1. The van der Waals surface area contributed by atoms with Crippen molar-refractivity contribution in [1.82, 2.24) is 20.3 Å². The number of nitrogens with zero attached hydrogens (tertiary/aromatic N) is 2. The highest BCUT2D eigenvalue weighted by atomic mass is 16.4. The quantitative estimate of drug-likeness (QED) is 0.224. The Balaban J connectivity index is 1.48. The van der Waals surface area contributed by atoms with Crippen LogP contribution in [0.25, 0.3) is 10.9 Å². The Morgan fingerprint density at radius 1 is 0.921 bits per heavy atom. The number of hydrogen-bond acceptors (Lipinski definition) is 4. The van der Waals surface area contributed by atoms with E-state index in [0.717, 1.165) is 27.6 Å². The number of hydrazine groups is 1. The second-order valence-electron chi connectivity index (χ2n) is 9.55. The van der Waals surface area contributed by atoms with Gasteiger partial charge in [0.1, 0.15) is 6.04 Å². The van der Waals surface area contributed by atoms with E-state index in [0.29, 0.717) is 32.5 Å². The summed E-state index contributed by atoms with van der Waals surface area (Å²) in [6.45, 7) is 3.53. The zero-order valence-corrected chi connectivity index (χ0v) is 22.0. The number of aromatic nitrogens is 1. The van der Waals surface area contributed by atoms with E-state index in [-0.39, 0.29) is 5.91 Å². The SMILES string of the molecule is CCN(NCC[C@H](C(=O)O)c1c[nH]c2ccccc12)C(Cc1ccccc1)C(=O)N(C)Cc1ccccc1. The number of likely N-dealkylation sites (N-methyl/N-ethyl adjacent to an activating group) is 2. The predicted molar refractivity (Wildman–Crippen MR) is 151 cm³/mol. The van der Waals surface area contributed by atoms with Crippen LogP contribution in [0.1, 0.15) is 36.0 Å². The minimum absolute atomic E-state index is 0.0125. The molecule has 38 heavy (non-hydrogen) atoms. The lowest BCUT2D eigenvalue weighted by Crippen LogP contribution is -2.54. The summed E-state index contributed by atoms with van der Waals surface area (Å²) in [5, 5.41) is 12.9. The average molecular weight is 513 g/mol. The van der Waals surface area contributed by atoms with Gasteiger partial charge in [-0.2, -0.15) is 0 Å². The number of nitrogens with one attached hydrogen (secondary N) is 2. The molecule has 0 aliphatic rings. The third-order valence-electron chi connectivity index (χ3n) is 6.96. The molecule has 0 radical (unpaired) electrons. The van der Waals surface area contributed by atoms with E-state index in [9.17, 15) is 14.7 Å². The summed E-state index contributed by atoms with van der Waals surface area (Å²) >= 11 is 0. The first-order valence-corrected chi connectivity index (χ1v) is 13.1. The lowest BCUT2D eigenvalue weighted by Gasteiger charge is -2.33. The van der Waals surface area contributed by atoms with Crippen molar-refractivity contribution in [2.24, 2.45) is 0 Å². The third kappa shape index (κ3) is 6.68. The second-order valence-corrected chi connectivity index (χ2v) is 9.55. The van der Waals surface area contributed by atoms with E-state index in [2.05, 4.69) is 10.4 Å². The summed E-state index contributed by atoms with van der Waals surface area (Å²) in [5.74, 6) is -1.51. The maximum absolute atomic E-state index is 13.7. The average Bonchev–Trinajstić information content (AvgIpc) is 3.36. The van der Waals surface area contributed by atoms with Crippen LogP contribution in [-0.2, 0) is 22.6 Å². The smallest absolute Gasteiger partial charge is 0.311 e. The molecule has 198 valence electrons. The first-order chi connectivity index (χ1) is 18.5. The number of para-hydroxylation sites is 1. The van der Waals surface area contributed by atoms with Crippen molar-refractivity contribution in [3.05, 3.63) is 108 Å². The van der Waals surface area contributed by atoms with Gasteiger partial charge in [0.15, 0.2) is 0 Å². The van der Waals surface area contributed by atoms with E-state index >= 15 is 0 Å². The number of hydrogen-bond donors (Lipinski definition) is 3. The number of aromatic amines is 1. The van der Waals surface area contributed by atoms with Crippen LogP contribution in [0.15, 0.2) is 91.1 Å². The van der Waals surface area contributed by atoms with E-state index in [1.807, 2.05) is 104 Å². The fraction of sp³-hybridized carbons (Fsp3) is 0.290. The van der Waals surface area contributed by atoms with Gasteiger partial charge in [0, 0.05) is 43.8 Å². The third-order valence-corrected chi connectivity index (χ3v) is 6.96. The highest BCUT2D eigenvalue weighted by molar-refractivity contribution is 5.89. The summed E-state index contributed by atoms with van der Waals surface area (Å²) in [6, 6.07) is 27.2. The van der Waals surface area contributed by atoms with Crippen molar-refractivity contribution < 1.29 is 14.7 Å². The van der Waals surface area contributed by atoms with Crippen molar-refractivity contribution in [1.29, 1.82) is 0 Å². The zero-order valence-electron chi connectivity index (χ0n) is 22.0. The molecule has 0 aliphatic carbocycles. The molecule has 0 saturated heterocycles. The van der Waals surface area contributed by atoms with Gasteiger partial charge in [-0.3, -0.25) is 15.0 Å². The van der Waals surface area contributed by atoms with Crippen molar-refractivity contribution in [2.75, 3.05) is 20.1 Å². The summed E-state index contributed by atoms with van der Waals surface area (Å²) in [6.07, 6.45) is 2.73. The molecule has 1 heterocycles. The number of fused-ring (bicyclic) bond motifs is 1. The Kier molecular flexibility index (Phi) is 9.30. The topological polar surface area (TPSA) is 88.7 Å². The van der Waals surface area contributed by atoms with Gasteiger partial charge in [0.05, 0.1) is 5.92 Å². The van der Waals surface area contributed by atoms with Crippen molar-refractivity contribution in [3.63, 3.8) is 0 Å². The Labute approximate surface area is 224 Å². The molecule has 7 nitrogen and oxygen atoms in total. The molecule has 7 heteroatoms. The standard InChI is InChI=1S/C31H36N4O3/c1-3-35(33-19-18-26(31(37)38)27-21-32-28-17-11-10-16-25(27)28)29(20-23-12-6-4-7-13-23)30(36)34(2)22-24-14-8-5-9-15-24/h4-17,21,26,29,32-33H,3,18-20,22H2,1-2H3,(H,37,38)/t26-,29?/m0/s1. The monoisotopic (exact) mass is 512 g/mol. The fourth-order valence-corrected chi connectivity index (χ4v) is 4.95. The Hall–Kier alpha value is -3.94. The van der Waals surface area contributed by atoms with Gasteiger partial charge in [-0.1, -0.05) is 85.8 Å². The number of carbonyl (C=O) groups excluding carboxylic acids is 1. The van der Waals surface area contributed by atoms with Gasteiger partial charge in [-0.15, -0.1) is 0 Å². The molecule has 0 spiro atoms. The fourth-order valence-electron chi connectivity index (χ4n) is 4.95. The maximum Gasteiger partial charge on any atom is 0.311 e. The molecule has 3 N–H and O–H groups in total. The highest BCUT2D eigenvalue weighted by Crippen LogP contribution is 2.28. The number of rotatable bonds is 13. The minimum atomic E-state index is -0.862. The van der Waals surface area contributed by atoms with Crippen LogP contribution in [0.4, 0.5) is 0 Å². The number of amides is 1. The van der Waals surface area contributed by atoms with E-state index in [1.54, 1.807) is 11.1 Å². The molecule has 1 amide bonds. The van der Waals surface area contributed by atoms with Crippen molar-refractivity contribution >= 4 is 22.8 Å². The first kappa shape index (κ1) is 27.1. The molecular weight excluding hydrogens is 476 g/mol. The van der Waals surface area contributed by atoms with E-state index in [1.165, 1.54) is 0 Å². The van der Waals surface area contributed by atoms with Crippen LogP contribution in [-0.4, -0.2) is 58.1 Å². The maximum atomic E-state index is 13.7. The largest absolute Gasteiger partial charge is 0.481 e. The molecule has 4 rings (SSSR count). The number of carbonyl (C=O) groups is 2. The van der Waals surface area contributed by atoms with Crippen LogP contribution in [0.3, 0.4) is 0 Å². The van der Waals surface area contributed by atoms with Gasteiger partial charge in [0.2, 0.25) is 5.91 Å². The molecule has 1 aromatic heterocycles. The molecule has 4 aromatic rings. The lowest BCUT2D eigenvalue weighted by molar-refractivity contribution is -0.140. The normalized spacial score (nSPS) is 12.9. The Morgan fingerprint density at radius 2 is 1.55 bits per heavy atom. The summed E-state index contributed by atoms with van der Waals surface area (Å²) in [5.41, 5.74) is 7.24. The summed E-state index contributed by atoms with van der Waals surface area (Å²) < 4.78 is 0. The van der Waals surface area contributed by atoms with Crippen LogP contribution < -0.4 is 5.43 Å². The van der Waals surface area contributed by atoms with Gasteiger partial charge in [0.25, 0.3) is 0 Å². The molecule has 0 saturated carbocycles. The van der Waals surface area contributed by atoms with Gasteiger partial charge < -0.3 is 15.0 Å². The molecule has 2 atom stereocenters. The number of carboxylic acids is 1. The zero-order chi connectivity index (χ0) is 26.9. The number of carboxylic acid groups (broad SMARTS) is 1. The summed E-state index contributed by atoms with van der Waals surface area (Å²) in [4.78, 5) is 30.9. The Bertz CT molecular complexity index is 1320. The molecule has 1 unspecified atom stereocenters. The molecular formula is C31H36N4O3. The van der Waals surface area contributed by atoms with Crippen LogP contribution in [0, 0.1) is 0 Å². The predicted octanol–water partition coefficient (Wildman–Crippen LogP) is 4.82. The Morgan fingerprint density at radius 3 is 2.21 bits per heavy atom. The van der Waals surface area contributed by atoms with E-state index < -0.39 is 17.9 Å². The van der Waals surface area contributed by atoms with Crippen LogP contribution in [0.2, 0.25) is 0 Å². The first-order valence-electron chi connectivity index (χ1n) is 13.1. The van der Waals surface area contributed by atoms with Gasteiger partial charge >= 0.3 is 5.97 Å². The molecule has 0 bridgehead atoms. The van der Waals surface area contributed by atoms with Crippen LogP contribution in [0.5, 0.6) is 0 Å². The minimum Gasteiger partial charge on any atom is -0.481 e. The lowest BCUT2D eigenvalue weighted by atomic mass is 9.95. The second kappa shape index (κ2) is 13.0.